The van der Waals surface area contributed by atoms with Gasteiger partial charge in [-0.1, -0.05) is 6.07 Å². The number of ether oxygens (including phenoxy) is 1. The summed E-state index contributed by atoms with van der Waals surface area (Å²) in [5.41, 5.74) is 0.713. The second kappa shape index (κ2) is 6.76. The normalized spacial score (nSPS) is 18.0. The minimum Gasteiger partial charge on any atom is -0.481 e. The Morgan fingerprint density at radius 3 is 3.00 bits per heavy atom. The fourth-order valence-electron chi connectivity index (χ4n) is 2.93. The van der Waals surface area contributed by atoms with Crippen molar-refractivity contribution < 1.29 is 9.53 Å². The molecule has 122 valence electrons. The van der Waals surface area contributed by atoms with Crippen molar-refractivity contribution in [3.05, 3.63) is 35.5 Å². The lowest BCUT2D eigenvalue weighted by Gasteiger charge is -2.34. The number of amides is 1. The Balaban J connectivity index is 1.75. The van der Waals surface area contributed by atoms with Crippen molar-refractivity contribution in [3.8, 4) is 5.88 Å². The van der Waals surface area contributed by atoms with Crippen LogP contribution in [0.25, 0.3) is 0 Å². The Bertz CT molecular complexity index is 685. The Kier molecular flexibility index (Phi) is 4.55. The molecule has 1 fully saturated rings. The van der Waals surface area contributed by atoms with Crippen molar-refractivity contribution in [2.45, 2.75) is 38.6 Å². The number of carbonyl (C=O) groups is 1. The van der Waals surface area contributed by atoms with Gasteiger partial charge in [-0.15, -0.1) is 0 Å². The van der Waals surface area contributed by atoms with E-state index >= 15 is 0 Å². The SMILES string of the molecule is COc1cccc(CC(=O)N2CCCCC2c2n[nH]c(C)n2)n1. The summed E-state index contributed by atoms with van der Waals surface area (Å²) in [7, 11) is 1.57. The molecule has 7 nitrogen and oxygen atoms in total. The molecule has 1 aliphatic heterocycles. The van der Waals surface area contributed by atoms with E-state index in [2.05, 4.69) is 20.2 Å². The lowest BCUT2D eigenvalue weighted by molar-refractivity contribution is -0.134. The van der Waals surface area contributed by atoms with Crippen LogP contribution in [0.1, 0.15) is 42.6 Å². The van der Waals surface area contributed by atoms with Crippen LogP contribution in [0.3, 0.4) is 0 Å². The average Bonchev–Trinajstić information content (AvgIpc) is 3.01. The van der Waals surface area contributed by atoms with Gasteiger partial charge < -0.3 is 9.64 Å². The smallest absolute Gasteiger partial charge is 0.229 e. The van der Waals surface area contributed by atoms with E-state index in [0.29, 0.717) is 17.4 Å². The maximum atomic E-state index is 12.7. The molecule has 1 unspecified atom stereocenters. The predicted octanol–water partition coefficient (Wildman–Crippen LogP) is 1.81. The number of hydrogen-bond donors (Lipinski definition) is 1. The van der Waals surface area contributed by atoms with Crippen molar-refractivity contribution >= 4 is 5.91 Å². The molecular formula is C16H21N5O2. The monoisotopic (exact) mass is 315 g/mol. The summed E-state index contributed by atoms with van der Waals surface area (Å²) in [6.45, 7) is 2.60. The van der Waals surface area contributed by atoms with Crippen LogP contribution in [-0.2, 0) is 11.2 Å². The summed E-state index contributed by atoms with van der Waals surface area (Å²) in [4.78, 5) is 23.3. The van der Waals surface area contributed by atoms with E-state index in [9.17, 15) is 4.79 Å². The van der Waals surface area contributed by atoms with Gasteiger partial charge in [0.1, 0.15) is 5.82 Å². The Labute approximate surface area is 135 Å². The summed E-state index contributed by atoms with van der Waals surface area (Å²) < 4.78 is 5.11. The van der Waals surface area contributed by atoms with Crippen molar-refractivity contribution in [2.24, 2.45) is 0 Å². The quantitative estimate of drug-likeness (QED) is 0.930. The van der Waals surface area contributed by atoms with Gasteiger partial charge in [0, 0.05) is 12.6 Å². The number of nitrogens with zero attached hydrogens (tertiary/aromatic N) is 4. The van der Waals surface area contributed by atoms with Gasteiger partial charge in [0.15, 0.2) is 5.82 Å². The van der Waals surface area contributed by atoms with Crippen LogP contribution in [-0.4, -0.2) is 44.6 Å². The van der Waals surface area contributed by atoms with Crippen LogP contribution in [0.4, 0.5) is 0 Å². The number of nitrogens with one attached hydrogen (secondary N) is 1. The van der Waals surface area contributed by atoms with Crippen molar-refractivity contribution in [2.75, 3.05) is 13.7 Å². The molecule has 7 heteroatoms. The number of aromatic nitrogens is 4. The van der Waals surface area contributed by atoms with Gasteiger partial charge in [-0.25, -0.2) is 9.97 Å². The highest BCUT2D eigenvalue weighted by atomic mass is 16.5. The number of piperidine rings is 1. The predicted molar refractivity (Wildman–Crippen MR) is 83.9 cm³/mol. The highest BCUT2D eigenvalue weighted by Gasteiger charge is 2.30. The highest BCUT2D eigenvalue weighted by molar-refractivity contribution is 5.78. The zero-order chi connectivity index (χ0) is 16.2. The Hall–Kier alpha value is -2.44. The molecule has 0 bridgehead atoms. The first-order valence-corrected chi connectivity index (χ1v) is 7.85. The summed E-state index contributed by atoms with van der Waals surface area (Å²) in [5.74, 6) is 2.05. The van der Waals surface area contributed by atoms with E-state index in [1.54, 1.807) is 13.2 Å². The van der Waals surface area contributed by atoms with Crippen LogP contribution < -0.4 is 4.74 Å². The molecule has 23 heavy (non-hydrogen) atoms. The van der Waals surface area contributed by atoms with Crippen molar-refractivity contribution in [3.63, 3.8) is 0 Å². The number of aromatic amines is 1. The van der Waals surface area contributed by atoms with Gasteiger partial charge in [0.25, 0.3) is 0 Å². The van der Waals surface area contributed by atoms with E-state index in [4.69, 9.17) is 4.74 Å². The highest BCUT2D eigenvalue weighted by Crippen LogP contribution is 2.29. The zero-order valence-electron chi connectivity index (χ0n) is 13.5. The Morgan fingerprint density at radius 2 is 2.26 bits per heavy atom. The van der Waals surface area contributed by atoms with Crippen LogP contribution in [0.2, 0.25) is 0 Å². The zero-order valence-corrected chi connectivity index (χ0v) is 13.5. The van der Waals surface area contributed by atoms with Crippen molar-refractivity contribution in [1.29, 1.82) is 0 Å². The lowest BCUT2D eigenvalue weighted by atomic mass is 10.0. The largest absolute Gasteiger partial charge is 0.481 e. The molecule has 0 aromatic carbocycles. The standard InChI is InChI=1S/C16H21N5O2/c1-11-17-16(20-19-11)13-7-3-4-9-21(13)15(22)10-12-6-5-8-14(18-12)23-2/h5-6,8,13H,3-4,7,9-10H2,1-2H3,(H,17,19,20). The average molecular weight is 315 g/mol. The molecule has 0 saturated carbocycles. The fourth-order valence-corrected chi connectivity index (χ4v) is 2.93. The molecule has 1 amide bonds. The summed E-state index contributed by atoms with van der Waals surface area (Å²) in [6.07, 6.45) is 3.25. The number of methoxy groups -OCH3 is 1. The molecule has 1 atom stereocenters. The third kappa shape index (κ3) is 3.49. The maximum Gasteiger partial charge on any atom is 0.229 e. The minimum atomic E-state index is -0.0493. The molecular weight excluding hydrogens is 294 g/mol. The van der Waals surface area contributed by atoms with Crippen LogP contribution >= 0.6 is 0 Å². The molecule has 1 saturated heterocycles. The van der Waals surface area contributed by atoms with Gasteiger partial charge in [-0.2, -0.15) is 5.10 Å². The number of hydrogen-bond acceptors (Lipinski definition) is 5. The maximum absolute atomic E-state index is 12.7. The lowest BCUT2D eigenvalue weighted by Crippen LogP contribution is -2.40. The van der Waals surface area contributed by atoms with E-state index in [1.807, 2.05) is 24.0 Å². The first kappa shape index (κ1) is 15.5. The molecule has 3 heterocycles. The van der Waals surface area contributed by atoms with Crippen LogP contribution in [0.5, 0.6) is 5.88 Å². The number of H-pyrrole nitrogens is 1. The number of aryl methyl sites for hydroxylation is 1. The molecule has 1 N–H and O–H groups in total. The van der Waals surface area contributed by atoms with Gasteiger partial charge in [0.2, 0.25) is 11.8 Å². The molecule has 2 aromatic heterocycles. The van der Waals surface area contributed by atoms with E-state index in [0.717, 1.165) is 31.6 Å². The molecule has 1 aliphatic rings. The number of pyridine rings is 1. The number of rotatable bonds is 4. The third-order valence-corrected chi connectivity index (χ3v) is 4.06. The fraction of sp³-hybridized carbons (Fsp3) is 0.500. The Morgan fingerprint density at radius 1 is 1.39 bits per heavy atom. The molecule has 0 spiro atoms. The van der Waals surface area contributed by atoms with E-state index in [-0.39, 0.29) is 18.4 Å². The van der Waals surface area contributed by atoms with E-state index in [1.165, 1.54) is 0 Å². The number of carbonyl (C=O) groups excluding carboxylic acids is 1. The summed E-state index contributed by atoms with van der Waals surface area (Å²) in [6, 6.07) is 5.41. The van der Waals surface area contributed by atoms with Crippen LogP contribution in [0, 0.1) is 6.92 Å². The van der Waals surface area contributed by atoms with Gasteiger partial charge in [-0.3, -0.25) is 9.89 Å². The number of likely N-dealkylation sites (tertiary alicyclic amines) is 1. The van der Waals surface area contributed by atoms with E-state index < -0.39 is 0 Å². The third-order valence-electron chi connectivity index (χ3n) is 4.06. The van der Waals surface area contributed by atoms with Crippen molar-refractivity contribution in [1.82, 2.24) is 25.1 Å². The summed E-state index contributed by atoms with van der Waals surface area (Å²) >= 11 is 0. The van der Waals surface area contributed by atoms with Crippen LogP contribution in [0.15, 0.2) is 18.2 Å². The molecule has 0 radical (unpaired) electrons. The second-order valence-corrected chi connectivity index (χ2v) is 5.73. The van der Waals surface area contributed by atoms with Gasteiger partial charge in [-0.05, 0) is 32.3 Å². The second-order valence-electron chi connectivity index (χ2n) is 5.73. The topological polar surface area (TPSA) is 84.0 Å². The molecule has 0 aliphatic carbocycles. The van der Waals surface area contributed by atoms with Gasteiger partial charge >= 0.3 is 0 Å². The summed E-state index contributed by atoms with van der Waals surface area (Å²) in [5, 5.41) is 7.10. The molecule has 2 aromatic rings. The molecule has 3 rings (SSSR count). The first-order valence-electron chi connectivity index (χ1n) is 7.85. The first-order chi connectivity index (χ1) is 11.2. The minimum absolute atomic E-state index is 0.0493. The van der Waals surface area contributed by atoms with Gasteiger partial charge in [0.05, 0.1) is 25.3 Å².